The third kappa shape index (κ3) is 5.22. The number of hydrogen-bond acceptors (Lipinski definition) is 4. The molecule has 0 aromatic heterocycles. The van der Waals surface area contributed by atoms with E-state index in [4.69, 9.17) is 9.47 Å². The molecule has 5 heteroatoms. The van der Waals surface area contributed by atoms with E-state index in [0.717, 1.165) is 44.0 Å². The number of ether oxygens (including phenoxy) is 2. The summed E-state index contributed by atoms with van der Waals surface area (Å²) >= 11 is 0. The Bertz CT molecular complexity index is 511. The normalized spacial score (nSPS) is 16.1. The fourth-order valence-corrected chi connectivity index (χ4v) is 2.73. The molecule has 1 N–H and O–H groups in total. The van der Waals surface area contributed by atoms with E-state index in [-0.39, 0.29) is 18.1 Å². The lowest BCUT2D eigenvalue weighted by atomic mass is 10.0. The molecule has 2 rings (SSSR count). The molecule has 0 atom stereocenters. The van der Waals surface area contributed by atoms with Crippen LogP contribution in [-0.2, 0) is 16.0 Å². The minimum atomic E-state index is -0.0859. The van der Waals surface area contributed by atoms with E-state index in [1.54, 1.807) is 0 Å². The molecule has 0 radical (unpaired) electrons. The molecular formula is C18H28N2O3. The summed E-state index contributed by atoms with van der Waals surface area (Å²) < 4.78 is 11.0. The van der Waals surface area contributed by atoms with E-state index < -0.39 is 0 Å². The lowest BCUT2D eigenvalue weighted by molar-refractivity contribution is -0.123. The Morgan fingerprint density at radius 2 is 2.00 bits per heavy atom. The number of benzene rings is 1. The van der Waals surface area contributed by atoms with Crippen molar-refractivity contribution in [1.29, 1.82) is 0 Å². The van der Waals surface area contributed by atoms with Gasteiger partial charge in [-0.15, -0.1) is 0 Å². The van der Waals surface area contributed by atoms with Gasteiger partial charge in [0.1, 0.15) is 5.75 Å². The topological polar surface area (TPSA) is 50.8 Å². The molecule has 1 aromatic rings. The summed E-state index contributed by atoms with van der Waals surface area (Å²) in [6.45, 7) is 10.3. The molecular weight excluding hydrogens is 292 g/mol. The first-order valence-corrected chi connectivity index (χ1v) is 8.33. The van der Waals surface area contributed by atoms with Crippen LogP contribution in [0.4, 0.5) is 0 Å². The number of hydrogen-bond donors (Lipinski definition) is 1. The SMILES string of the molecule is CCc1ccccc1OCC(=O)NCC(C)(C)N1CCOCC1. The third-order valence-corrected chi connectivity index (χ3v) is 4.30. The maximum absolute atomic E-state index is 12.1. The molecule has 5 nitrogen and oxygen atoms in total. The Balaban J connectivity index is 1.78. The van der Waals surface area contributed by atoms with E-state index in [0.29, 0.717) is 6.54 Å². The third-order valence-electron chi connectivity index (χ3n) is 4.30. The average molecular weight is 320 g/mol. The highest BCUT2D eigenvalue weighted by Gasteiger charge is 2.28. The van der Waals surface area contributed by atoms with Gasteiger partial charge in [0.2, 0.25) is 0 Å². The molecule has 0 bridgehead atoms. The van der Waals surface area contributed by atoms with Crippen molar-refractivity contribution >= 4 is 5.91 Å². The number of aryl methyl sites for hydroxylation is 1. The molecule has 0 unspecified atom stereocenters. The van der Waals surface area contributed by atoms with Gasteiger partial charge >= 0.3 is 0 Å². The van der Waals surface area contributed by atoms with Crippen molar-refractivity contribution in [3.05, 3.63) is 29.8 Å². The first-order valence-electron chi connectivity index (χ1n) is 8.33. The average Bonchev–Trinajstić information content (AvgIpc) is 2.59. The van der Waals surface area contributed by atoms with Crippen molar-refractivity contribution in [2.45, 2.75) is 32.7 Å². The lowest BCUT2D eigenvalue weighted by Crippen LogP contribution is -2.55. The van der Waals surface area contributed by atoms with Crippen LogP contribution in [0.3, 0.4) is 0 Å². The van der Waals surface area contributed by atoms with Crippen molar-refractivity contribution in [1.82, 2.24) is 10.2 Å². The van der Waals surface area contributed by atoms with E-state index >= 15 is 0 Å². The summed E-state index contributed by atoms with van der Waals surface area (Å²) in [6, 6.07) is 7.84. The summed E-state index contributed by atoms with van der Waals surface area (Å²) in [4.78, 5) is 14.4. The Kier molecular flexibility index (Phi) is 6.42. The maximum atomic E-state index is 12.1. The number of nitrogens with one attached hydrogen (secondary N) is 1. The zero-order valence-electron chi connectivity index (χ0n) is 14.4. The summed E-state index contributed by atoms with van der Waals surface area (Å²) in [5.74, 6) is 0.704. The molecule has 1 aliphatic heterocycles. The van der Waals surface area contributed by atoms with Crippen LogP contribution in [0.1, 0.15) is 26.3 Å². The number of amides is 1. The lowest BCUT2D eigenvalue weighted by Gasteiger charge is -2.40. The number of rotatable bonds is 7. The van der Waals surface area contributed by atoms with Gasteiger partial charge in [0.25, 0.3) is 5.91 Å². The van der Waals surface area contributed by atoms with Crippen LogP contribution in [0.5, 0.6) is 5.75 Å². The summed E-state index contributed by atoms with van der Waals surface area (Å²) in [6.07, 6.45) is 0.891. The van der Waals surface area contributed by atoms with Crippen LogP contribution >= 0.6 is 0 Å². The molecule has 1 saturated heterocycles. The number of nitrogens with zero attached hydrogens (tertiary/aromatic N) is 1. The van der Waals surface area contributed by atoms with Crippen molar-refractivity contribution in [3.8, 4) is 5.75 Å². The Morgan fingerprint density at radius 3 is 2.70 bits per heavy atom. The van der Waals surface area contributed by atoms with Gasteiger partial charge in [0, 0.05) is 25.2 Å². The zero-order valence-corrected chi connectivity index (χ0v) is 14.4. The van der Waals surface area contributed by atoms with Gasteiger partial charge in [-0.3, -0.25) is 9.69 Å². The molecule has 1 aromatic carbocycles. The highest BCUT2D eigenvalue weighted by atomic mass is 16.5. The van der Waals surface area contributed by atoms with Crippen LogP contribution in [-0.4, -0.2) is 55.8 Å². The van der Waals surface area contributed by atoms with Gasteiger partial charge in [-0.2, -0.15) is 0 Å². The predicted molar refractivity (Wildman–Crippen MR) is 90.8 cm³/mol. The minimum Gasteiger partial charge on any atom is -0.483 e. The largest absolute Gasteiger partial charge is 0.483 e. The van der Waals surface area contributed by atoms with Crippen LogP contribution in [0.2, 0.25) is 0 Å². The van der Waals surface area contributed by atoms with Crippen LogP contribution < -0.4 is 10.1 Å². The smallest absolute Gasteiger partial charge is 0.258 e. The molecule has 128 valence electrons. The van der Waals surface area contributed by atoms with Crippen molar-refractivity contribution < 1.29 is 14.3 Å². The molecule has 0 saturated carbocycles. The van der Waals surface area contributed by atoms with E-state index in [9.17, 15) is 4.79 Å². The molecule has 23 heavy (non-hydrogen) atoms. The summed E-state index contributed by atoms with van der Waals surface area (Å²) in [7, 11) is 0. The molecule has 1 amide bonds. The zero-order chi connectivity index (χ0) is 16.7. The molecule has 1 fully saturated rings. The molecule has 0 spiro atoms. The van der Waals surface area contributed by atoms with Crippen LogP contribution in [0, 0.1) is 0 Å². The Labute approximate surface area is 139 Å². The minimum absolute atomic E-state index is 0.0518. The van der Waals surface area contributed by atoms with E-state index in [1.807, 2.05) is 24.3 Å². The monoisotopic (exact) mass is 320 g/mol. The fourth-order valence-electron chi connectivity index (χ4n) is 2.73. The first kappa shape index (κ1) is 17.8. The van der Waals surface area contributed by atoms with E-state index in [1.165, 1.54) is 0 Å². The second kappa shape index (κ2) is 8.31. The standard InChI is InChI=1S/C18H28N2O3/c1-4-15-7-5-6-8-16(15)23-13-17(21)19-14-18(2,3)20-9-11-22-12-10-20/h5-8H,4,9-14H2,1-3H3,(H,19,21). The van der Waals surface area contributed by atoms with Gasteiger partial charge < -0.3 is 14.8 Å². The predicted octanol–water partition coefficient (Wildman–Crippen LogP) is 1.85. The number of carbonyl (C=O) groups excluding carboxylic acids is 1. The first-order chi connectivity index (χ1) is 11.0. The maximum Gasteiger partial charge on any atom is 0.258 e. The van der Waals surface area contributed by atoms with E-state index in [2.05, 4.69) is 31.0 Å². The van der Waals surface area contributed by atoms with Gasteiger partial charge in [0.05, 0.1) is 13.2 Å². The quantitative estimate of drug-likeness (QED) is 0.833. The molecule has 0 aliphatic carbocycles. The summed E-state index contributed by atoms with van der Waals surface area (Å²) in [5.41, 5.74) is 1.04. The number of para-hydroxylation sites is 1. The van der Waals surface area contributed by atoms with Gasteiger partial charge in [0.15, 0.2) is 6.61 Å². The van der Waals surface area contributed by atoms with Crippen molar-refractivity contribution in [2.75, 3.05) is 39.5 Å². The molecule has 1 aliphatic rings. The summed E-state index contributed by atoms with van der Waals surface area (Å²) in [5, 5.41) is 2.98. The van der Waals surface area contributed by atoms with Gasteiger partial charge in [-0.1, -0.05) is 25.1 Å². The van der Waals surface area contributed by atoms with Crippen LogP contribution in [0.15, 0.2) is 24.3 Å². The second-order valence-corrected chi connectivity index (χ2v) is 6.44. The van der Waals surface area contributed by atoms with Gasteiger partial charge in [-0.05, 0) is 31.9 Å². The van der Waals surface area contributed by atoms with Crippen molar-refractivity contribution in [2.24, 2.45) is 0 Å². The van der Waals surface area contributed by atoms with Crippen LogP contribution in [0.25, 0.3) is 0 Å². The Morgan fingerprint density at radius 1 is 1.30 bits per heavy atom. The number of morpholine rings is 1. The number of carbonyl (C=O) groups is 1. The highest BCUT2D eigenvalue weighted by Crippen LogP contribution is 2.18. The van der Waals surface area contributed by atoms with Crippen molar-refractivity contribution in [3.63, 3.8) is 0 Å². The molecule has 1 heterocycles. The highest BCUT2D eigenvalue weighted by molar-refractivity contribution is 5.77. The second-order valence-electron chi connectivity index (χ2n) is 6.44. The Hall–Kier alpha value is -1.59. The van der Waals surface area contributed by atoms with Gasteiger partial charge in [-0.25, -0.2) is 0 Å². The fraction of sp³-hybridized carbons (Fsp3) is 0.611.